The normalized spacial score (nSPS) is 21.4. The molecule has 0 saturated heterocycles. The predicted molar refractivity (Wildman–Crippen MR) is 48.7 cm³/mol. The molecule has 0 bridgehead atoms. The number of rotatable bonds is 1. The van der Waals surface area contributed by atoms with Crippen LogP contribution in [0.5, 0.6) is 0 Å². The first-order valence-electron chi connectivity index (χ1n) is 4.03. The minimum Gasteiger partial charge on any atom is -0.337 e. The van der Waals surface area contributed by atoms with Crippen LogP contribution in [0.2, 0.25) is 0 Å². The third-order valence-corrected chi connectivity index (χ3v) is 1.77. The Bertz CT molecular complexity index is 174. The quantitative estimate of drug-likeness (QED) is 0.561. The van der Waals surface area contributed by atoms with Gasteiger partial charge in [-0.25, -0.2) is 0 Å². The molecule has 0 saturated carbocycles. The van der Waals surface area contributed by atoms with Crippen molar-refractivity contribution in [3.8, 4) is 0 Å². The smallest absolute Gasteiger partial charge is 0.0902 e. The van der Waals surface area contributed by atoms with Crippen molar-refractivity contribution < 1.29 is 0 Å². The van der Waals surface area contributed by atoms with Crippen LogP contribution in [-0.4, -0.2) is 22.8 Å². The summed E-state index contributed by atoms with van der Waals surface area (Å²) in [5, 5.41) is 0. The van der Waals surface area contributed by atoms with Gasteiger partial charge >= 0.3 is 0 Å². The van der Waals surface area contributed by atoms with Gasteiger partial charge in [0.1, 0.15) is 0 Å². The van der Waals surface area contributed by atoms with E-state index in [-0.39, 0.29) is 5.54 Å². The lowest BCUT2D eigenvalue weighted by Crippen LogP contribution is -2.30. The highest BCUT2D eigenvalue weighted by atomic mass is 15.2. The van der Waals surface area contributed by atoms with Crippen molar-refractivity contribution in [2.75, 3.05) is 0 Å². The van der Waals surface area contributed by atoms with Crippen LogP contribution in [0.4, 0.5) is 0 Å². The summed E-state index contributed by atoms with van der Waals surface area (Å²) >= 11 is 0. The first-order chi connectivity index (χ1) is 5.01. The zero-order valence-electron chi connectivity index (χ0n) is 7.70. The van der Waals surface area contributed by atoms with E-state index < -0.39 is 0 Å². The molecule has 0 aromatic rings. The molecule has 1 aliphatic rings. The molecule has 0 aromatic heterocycles. The molecule has 0 atom stereocenters. The van der Waals surface area contributed by atoms with Crippen molar-refractivity contribution in [1.29, 1.82) is 0 Å². The highest BCUT2D eigenvalue weighted by molar-refractivity contribution is 5.59. The number of hydrogen-bond donors (Lipinski definition) is 0. The fourth-order valence-electron chi connectivity index (χ4n) is 0.871. The van der Waals surface area contributed by atoms with Crippen molar-refractivity contribution >= 4 is 6.34 Å². The van der Waals surface area contributed by atoms with Gasteiger partial charge in [-0.3, -0.25) is 4.99 Å². The summed E-state index contributed by atoms with van der Waals surface area (Å²) in [6.45, 7) is 8.48. The Morgan fingerprint density at radius 2 is 2.00 bits per heavy atom. The van der Waals surface area contributed by atoms with Crippen LogP contribution in [0.25, 0.3) is 0 Å². The monoisotopic (exact) mass is 152 g/mol. The van der Waals surface area contributed by atoms with E-state index in [1.54, 1.807) is 0 Å². The van der Waals surface area contributed by atoms with E-state index in [2.05, 4.69) is 49.9 Å². The second kappa shape index (κ2) is 2.68. The van der Waals surface area contributed by atoms with Crippen LogP contribution in [0.3, 0.4) is 0 Å². The Balaban J connectivity index is 2.65. The SMILES string of the molecule is CC(C)N1C=CC(C)(C)N=C1. The predicted octanol–water partition coefficient (Wildman–Crippen LogP) is 2.03. The van der Waals surface area contributed by atoms with Crippen LogP contribution in [-0.2, 0) is 0 Å². The van der Waals surface area contributed by atoms with Gasteiger partial charge < -0.3 is 4.90 Å². The maximum absolute atomic E-state index is 4.38. The molecule has 1 heterocycles. The molecule has 11 heavy (non-hydrogen) atoms. The first kappa shape index (κ1) is 8.31. The van der Waals surface area contributed by atoms with E-state index in [0.717, 1.165) is 0 Å². The maximum atomic E-state index is 4.38. The van der Waals surface area contributed by atoms with Crippen LogP contribution in [0, 0.1) is 0 Å². The van der Waals surface area contributed by atoms with E-state index in [9.17, 15) is 0 Å². The average molecular weight is 152 g/mol. The minimum absolute atomic E-state index is 0.00854. The number of hydrogen-bond acceptors (Lipinski definition) is 2. The number of aliphatic imine (C=N–C) groups is 1. The van der Waals surface area contributed by atoms with Crippen LogP contribution < -0.4 is 0 Å². The molecule has 0 radical (unpaired) electrons. The zero-order chi connectivity index (χ0) is 8.48. The van der Waals surface area contributed by atoms with Gasteiger partial charge in [0.2, 0.25) is 0 Å². The van der Waals surface area contributed by atoms with Crippen molar-refractivity contribution in [2.24, 2.45) is 4.99 Å². The fraction of sp³-hybridized carbons (Fsp3) is 0.667. The third-order valence-electron chi connectivity index (χ3n) is 1.77. The van der Waals surface area contributed by atoms with Crippen LogP contribution in [0.1, 0.15) is 27.7 Å². The molecule has 0 aliphatic carbocycles. The highest BCUT2D eigenvalue weighted by Gasteiger charge is 2.15. The third kappa shape index (κ3) is 2.07. The molecule has 1 aliphatic heterocycles. The summed E-state index contributed by atoms with van der Waals surface area (Å²) in [5.74, 6) is 0. The largest absolute Gasteiger partial charge is 0.337 e. The summed E-state index contributed by atoms with van der Waals surface area (Å²) in [6.07, 6.45) is 6.12. The van der Waals surface area contributed by atoms with E-state index >= 15 is 0 Å². The number of nitrogens with zero attached hydrogens (tertiary/aromatic N) is 2. The Kier molecular flexibility index (Phi) is 2.03. The van der Waals surface area contributed by atoms with E-state index in [1.165, 1.54) is 0 Å². The van der Waals surface area contributed by atoms with Crippen LogP contribution in [0.15, 0.2) is 17.3 Å². The molecule has 2 nitrogen and oxygen atoms in total. The molecular formula is C9H16N2. The Morgan fingerprint density at radius 1 is 1.36 bits per heavy atom. The van der Waals surface area contributed by atoms with Crippen molar-refractivity contribution in [2.45, 2.75) is 39.3 Å². The lowest BCUT2D eigenvalue weighted by molar-refractivity contribution is 0.445. The molecule has 0 unspecified atom stereocenters. The summed E-state index contributed by atoms with van der Waals surface area (Å²) in [7, 11) is 0. The topological polar surface area (TPSA) is 15.6 Å². The van der Waals surface area contributed by atoms with E-state index in [0.29, 0.717) is 6.04 Å². The average Bonchev–Trinajstić information content (AvgIpc) is 1.86. The molecule has 0 aromatic carbocycles. The molecule has 62 valence electrons. The van der Waals surface area contributed by atoms with Gasteiger partial charge in [0.15, 0.2) is 0 Å². The van der Waals surface area contributed by atoms with Crippen molar-refractivity contribution in [1.82, 2.24) is 4.90 Å². The van der Waals surface area contributed by atoms with Gasteiger partial charge in [0.25, 0.3) is 0 Å². The summed E-state index contributed by atoms with van der Waals surface area (Å²) in [4.78, 5) is 6.48. The Morgan fingerprint density at radius 3 is 2.36 bits per heavy atom. The van der Waals surface area contributed by atoms with Gasteiger partial charge in [-0.2, -0.15) is 0 Å². The zero-order valence-corrected chi connectivity index (χ0v) is 7.70. The standard InChI is InChI=1S/C9H16N2/c1-8(2)11-6-5-9(3,4)10-7-11/h5-8H,1-4H3. The molecule has 0 amide bonds. The Labute approximate surface area is 68.6 Å². The fourth-order valence-corrected chi connectivity index (χ4v) is 0.871. The lowest BCUT2D eigenvalue weighted by atomic mass is 10.1. The van der Waals surface area contributed by atoms with Crippen LogP contribution >= 0.6 is 0 Å². The second-order valence-electron chi connectivity index (χ2n) is 3.75. The Hall–Kier alpha value is -0.790. The van der Waals surface area contributed by atoms with Crippen molar-refractivity contribution in [3.63, 3.8) is 0 Å². The van der Waals surface area contributed by atoms with Gasteiger partial charge in [0.05, 0.1) is 11.9 Å². The maximum Gasteiger partial charge on any atom is 0.0902 e. The minimum atomic E-state index is -0.00854. The summed E-state index contributed by atoms with van der Waals surface area (Å²) < 4.78 is 0. The van der Waals surface area contributed by atoms with E-state index in [4.69, 9.17) is 0 Å². The van der Waals surface area contributed by atoms with Gasteiger partial charge in [0, 0.05) is 12.2 Å². The molecule has 0 fully saturated rings. The molecule has 0 spiro atoms. The van der Waals surface area contributed by atoms with E-state index in [1.807, 2.05) is 6.34 Å². The summed E-state index contributed by atoms with van der Waals surface area (Å²) in [5.41, 5.74) is -0.00854. The second-order valence-corrected chi connectivity index (χ2v) is 3.75. The molecule has 1 rings (SSSR count). The molecule has 0 N–H and O–H groups in total. The highest BCUT2D eigenvalue weighted by Crippen LogP contribution is 2.15. The van der Waals surface area contributed by atoms with Gasteiger partial charge in [-0.1, -0.05) is 0 Å². The first-order valence-corrected chi connectivity index (χ1v) is 4.03. The molecule has 2 heteroatoms. The molecular weight excluding hydrogens is 136 g/mol. The van der Waals surface area contributed by atoms with Gasteiger partial charge in [-0.15, -0.1) is 0 Å². The summed E-state index contributed by atoms with van der Waals surface area (Å²) in [6, 6.07) is 0.506. The van der Waals surface area contributed by atoms with Crippen molar-refractivity contribution in [3.05, 3.63) is 12.3 Å². The van der Waals surface area contributed by atoms with Gasteiger partial charge in [-0.05, 0) is 33.8 Å². The lowest BCUT2D eigenvalue weighted by Gasteiger charge is -2.27.